The number of halogens is 1. The summed E-state index contributed by atoms with van der Waals surface area (Å²) in [6.45, 7) is 2.70. The number of pyridine rings is 2. The van der Waals surface area contributed by atoms with Crippen LogP contribution in [0.5, 0.6) is 11.5 Å². The molecule has 0 aliphatic heterocycles. The average molecular weight is 492 g/mol. The second-order valence-electron chi connectivity index (χ2n) is 7.48. The van der Waals surface area contributed by atoms with E-state index in [2.05, 4.69) is 27.5 Å². The number of nitrogens with zero attached hydrogens (tertiary/aromatic N) is 3. The highest BCUT2D eigenvalue weighted by atomic mass is 35.5. The van der Waals surface area contributed by atoms with Crippen molar-refractivity contribution in [2.75, 3.05) is 24.4 Å². The van der Waals surface area contributed by atoms with Crippen LogP contribution in [-0.2, 0) is 4.79 Å². The van der Waals surface area contributed by atoms with Gasteiger partial charge in [0.05, 0.1) is 30.0 Å². The van der Waals surface area contributed by atoms with Gasteiger partial charge in [0, 0.05) is 24.0 Å². The predicted molar refractivity (Wildman–Crippen MR) is 137 cm³/mol. The van der Waals surface area contributed by atoms with Crippen molar-refractivity contribution in [2.45, 2.75) is 26.2 Å². The molecule has 2 heterocycles. The fourth-order valence-corrected chi connectivity index (χ4v) is 3.29. The molecule has 0 unspecified atom stereocenters. The lowest BCUT2D eigenvalue weighted by molar-refractivity contribution is -0.111. The molecule has 0 aliphatic carbocycles. The van der Waals surface area contributed by atoms with Gasteiger partial charge in [-0.3, -0.25) is 4.79 Å². The Morgan fingerprint density at radius 2 is 2.06 bits per heavy atom. The van der Waals surface area contributed by atoms with Gasteiger partial charge in [0.15, 0.2) is 17.3 Å². The number of hydrogen-bond acceptors (Lipinski definition) is 7. The summed E-state index contributed by atoms with van der Waals surface area (Å²) in [7, 11) is 1.58. The zero-order valence-electron chi connectivity index (χ0n) is 19.5. The number of aromatic nitrogens is 2. The van der Waals surface area contributed by atoms with Crippen LogP contribution in [-0.4, -0.2) is 29.6 Å². The van der Waals surface area contributed by atoms with E-state index in [1.807, 2.05) is 24.3 Å². The number of anilines is 3. The van der Waals surface area contributed by atoms with E-state index in [-0.39, 0.29) is 5.91 Å². The number of unbranched alkanes of at least 4 members (excludes halogenated alkanes) is 2. The summed E-state index contributed by atoms with van der Waals surface area (Å²) in [6.07, 6.45) is 9.07. The number of benzene rings is 1. The molecule has 0 saturated carbocycles. The molecule has 0 aliphatic rings. The zero-order chi connectivity index (χ0) is 25.0. The van der Waals surface area contributed by atoms with Crippen LogP contribution in [0.4, 0.5) is 17.3 Å². The van der Waals surface area contributed by atoms with E-state index in [1.54, 1.807) is 31.4 Å². The van der Waals surface area contributed by atoms with Crippen molar-refractivity contribution in [3.63, 3.8) is 0 Å². The number of ether oxygens (including phenoxy) is 2. The molecule has 1 amide bonds. The second kappa shape index (κ2) is 13.0. The number of para-hydroxylation sites is 1. The van der Waals surface area contributed by atoms with Gasteiger partial charge in [-0.2, -0.15) is 5.26 Å². The van der Waals surface area contributed by atoms with Gasteiger partial charge in [0.25, 0.3) is 0 Å². The van der Waals surface area contributed by atoms with Gasteiger partial charge in [0.1, 0.15) is 11.9 Å². The molecule has 0 spiro atoms. The summed E-state index contributed by atoms with van der Waals surface area (Å²) in [6, 6.07) is 12.4. The van der Waals surface area contributed by atoms with Gasteiger partial charge in [-0.15, -0.1) is 0 Å². The van der Waals surface area contributed by atoms with Crippen molar-refractivity contribution in [2.24, 2.45) is 0 Å². The lowest BCUT2D eigenvalue weighted by atomic mass is 10.1. The van der Waals surface area contributed by atoms with Crippen LogP contribution >= 0.6 is 11.6 Å². The zero-order valence-corrected chi connectivity index (χ0v) is 20.3. The molecule has 2 aromatic heterocycles. The summed E-state index contributed by atoms with van der Waals surface area (Å²) in [5, 5.41) is 15.1. The van der Waals surface area contributed by atoms with Crippen molar-refractivity contribution in [3.05, 3.63) is 71.0 Å². The molecule has 0 saturated heterocycles. The Balaban J connectivity index is 1.75. The van der Waals surface area contributed by atoms with Crippen molar-refractivity contribution >= 4 is 40.9 Å². The normalized spacial score (nSPS) is 10.6. The highest BCUT2D eigenvalue weighted by Crippen LogP contribution is 2.32. The first-order chi connectivity index (χ1) is 17.0. The SMILES string of the molecule is CCCCCOc1c(C=CC(=O)Nc2cc(Cl)cnc2Nc2ccc(C#N)cn2)cccc1OC. The first-order valence-electron chi connectivity index (χ1n) is 11.1. The molecular formula is C26H26ClN5O3. The monoisotopic (exact) mass is 491 g/mol. The maximum atomic E-state index is 12.7. The van der Waals surface area contributed by atoms with Gasteiger partial charge in [0.2, 0.25) is 5.91 Å². The molecule has 35 heavy (non-hydrogen) atoms. The molecule has 3 aromatic rings. The van der Waals surface area contributed by atoms with E-state index in [1.165, 1.54) is 18.5 Å². The van der Waals surface area contributed by atoms with Crippen molar-refractivity contribution in [3.8, 4) is 17.6 Å². The first-order valence-corrected chi connectivity index (χ1v) is 11.5. The van der Waals surface area contributed by atoms with Crippen LogP contribution in [0.1, 0.15) is 37.3 Å². The summed E-state index contributed by atoms with van der Waals surface area (Å²) in [4.78, 5) is 21.1. The standard InChI is InChI=1S/C26H26ClN5O3/c1-3-4-5-13-35-25-19(7-6-8-22(25)34-2)10-12-24(33)31-21-14-20(27)17-30-26(21)32-23-11-9-18(15-28)16-29-23/h6-12,14,16-17H,3-5,13H2,1-2H3,(H,31,33)(H,29,30,32). The highest BCUT2D eigenvalue weighted by molar-refractivity contribution is 6.31. The van der Waals surface area contributed by atoms with Crippen molar-refractivity contribution < 1.29 is 14.3 Å². The van der Waals surface area contributed by atoms with Gasteiger partial charge in [-0.25, -0.2) is 9.97 Å². The first kappa shape index (κ1) is 25.5. The minimum atomic E-state index is -0.385. The van der Waals surface area contributed by atoms with Crippen molar-refractivity contribution in [1.82, 2.24) is 9.97 Å². The Bertz CT molecular complexity index is 1220. The number of carbonyl (C=O) groups is 1. The summed E-state index contributed by atoms with van der Waals surface area (Å²) < 4.78 is 11.4. The van der Waals surface area contributed by atoms with E-state index in [9.17, 15) is 4.79 Å². The minimum absolute atomic E-state index is 0.356. The van der Waals surface area contributed by atoms with E-state index >= 15 is 0 Å². The fraction of sp³-hybridized carbons (Fsp3) is 0.231. The molecule has 1 aromatic carbocycles. The maximum Gasteiger partial charge on any atom is 0.248 e. The molecule has 9 heteroatoms. The Labute approximate surface area is 209 Å². The largest absolute Gasteiger partial charge is 0.493 e. The van der Waals surface area contributed by atoms with E-state index in [0.717, 1.165) is 24.8 Å². The molecule has 0 atom stereocenters. The Kier molecular flexibility index (Phi) is 9.46. The average Bonchev–Trinajstić information content (AvgIpc) is 2.87. The van der Waals surface area contributed by atoms with Crippen LogP contribution in [0.3, 0.4) is 0 Å². The number of hydrogen-bond donors (Lipinski definition) is 2. The number of amides is 1. The summed E-state index contributed by atoms with van der Waals surface area (Å²) >= 11 is 6.10. The summed E-state index contributed by atoms with van der Waals surface area (Å²) in [5.74, 6) is 1.63. The second-order valence-corrected chi connectivity index (χ2v) is 7.91. The van der Waals surface area contributed by atoms with Gasteiger partial charge in [-0.1, -0.05) is 43.5 Å². The third-order valence-electron chi connectivity index (χ3n) is 4.89. The number of methoxy groups -OCH3 is 1. The van der Waals surface area contributed by atoms with E-state index in [4.69, 9.17) is 26.3 Å². The van der Waals surface area contributed by atoms with Crippen LogP contribution in [0.2, 0.25) is 5.02 Å². The lowest BCUT2D eigenvalue weighted by Gasteiger charge is -2.13. The number of nitrogens with one attached hydrogen (secondary N) is 2. The van der Waals surface area contributed by atoms with Gasteiger partial charge >= 0.3 is 0 Å². The molecule has 0 bridgehead atoms. The lowest BCUT2D eigenvalue weighted by Crippen LogP contribution is -2.11. The number of nitriles is 1. The third kappa shape index (κ3) is 7.45. The van der Waals surface area contributed by atoms with Crippen LogP contribution < -0.4 is 20.1 Å². The Morgan fingerprint density at radius 1 is 1.20 bits per heavy atom. The Morgan fingerprint density at radius 3 is 2.77 bits per heavy atom. The smallest absolute Gasteiger partial charge is 0.248 e. The highest BCUT2D eigenvalue weighted by Gasteiger charge is 2.11. The maximum absolute atomic E-state index is 12.7. The quantitative estimate of drug-likeness (QED) is 0.251. The molecule has 0 radical (unpaired) electrons. The number of carbonyl (C=O) groups excluding carboxylic acids is 1. The van der Waals surface area contributed by atoms with Crippen LogP contribution in [0.25, 0.3) is 6.08 Å². The van der Waals surface area contributed by atoms with E-state index < -0.39 is 0 Å². The van der Waals surface area contributed by atoms with Gasteiger partial charge in [-0.05, 0) is 36.8 Å². The molecule has 8 nitrogen and oxygen atoms in total. The van der Waals surface area contributed by atoms with Crippen LogP contribution in [0, 0.1) is 11.3 Å². The Hall–Kier alpha value is -4.09. The number of rotatable bonds is 11. The van der Waals surface area contributed by atoms with Crippen LogP contribution in [0.15, 0.2) is 54.9 Å². The van der Waals surface area contributed by atoms with Crippen molar-refractivity contribution in [1.29, 1.82) is 5.26 Å². The van der Waals surface area contributed by atoms with Gasteiger partial charge < -0.3 is 20.1 Å². The fourth-order valence-electron chi connectivity index (χ4n) is 3.13. The summed E-state index contributed by atoms with van der Waals surface area (Å²) in [5.41, 5.74) is 1.53. The third-order valence-corrected chi connectivity index (χ3v) is 5.10. The molecule has 3 rings (SSSR count). The molecule has 0 fully saturated rings. The topological polar surface area (TPSA) is 109 Å². The molecular weight excluding hydrogens is 466 g/mol. The minimum Gasteiger partial charge on any atom is -0.493 e. The predicted octanol–water partition coefficient (Wildman–Crippen LogP) is 5.97. The molecule has 180 valence electrons. The molecule has 2 N–H and O–H groups in total. The van der Waals surface area contributed by atoms with E-state index in [0.29, 0.717) is 46.0 Å².